The van der Waals surface area contributed by atoms with Gasteiger partial charge in [-0.2, -0.15) is 0 Å². The van der Waals surface area contributed by atoms with E-state index in [4.69, 9.17) is 4.42 Å². The fraction of sp³-hybridized carbons (Fsp3) is 0.333. The zero-order valence-electron chi connectivity index (χ0n) is 6.46. The number of oxazole rings is 1. The van der Waals surface area contributed by atoms with Gasteiger partial charge in [-0.25, -0.2) is 4.98 Å². The van der Waals surface area contributed by atoms with Crippen LogP contribution in [0.1, 0.15) is 11.6 Å². The van der Waals surface area contributed by atoms with Crippen molar-refractivity contribution in [3.63, 3.8) is 0 Å². The van der Waals surface area contributed by atoms with Crippen LogP contribution in [0, 0.1) is 6.92 Å². The molecule has 0 unspecified atom stereocenters. The molecular weight excluding hydrogens is 173 g/mol. The topological polar surface area (TPSA) is 66.2 Å². The Morgan fingerprint density at radius 1 is 1.82 bits per heavy atom. The molecule has 0 N–H and O–H groups in total. The standard InChI is InChI=1S/C6H7NO3.K/c1-4-3-10-5(7-4)2-6(8)9;/h3H,2H2,1H3,(H,8,9);/q;+1/p-1. The van der Waals surface area contributed by atoms with E-state index < -0.39 is 5.97 Å². The SMILES string of the molecule is Cc1coc(CC(=O)[O-])n1.[K+]. The van der Waals surface area contributed by atoms with Crippen LogP contribution in [-0.4, -0.2) is 11.0 Å². The molecule has 0 spiro atoms. The Bertz CT molecular complexity index is 246. The average Bonchev–Trinajstić information content (AvgIpc) is 2.13. The van der Waals surface area contributed by atoms with Gasteiger partial charge in [0.25, 0.3) is 0 Å². The van der Waals surface area contributed by atoms with Crippen molar-refractivity contribution in [2.75, 3.05) is 0 Å². The van der Waals surface area contributed by atoms with Crippen molar-refractivity contribution in [1.82, 2.24) is 4.98 Å². The summed E-state index contributed by atoms with van der Waals surface area (Å²) in [5, 5.41) is 9.97. The summed E-state index contributed by atoms with van der Waals surface area (Å²) in [7, 11) is 0. The first kappa shape index (κ1) is 11.3. The monoisotopic (exact) mass is 179 g/mol. The number of carbonyl (C=O) groups excluding carboxylic acids is 1. The molecule has 0 atom stereocenters. The van der Waals surface area contributed by atoms with Crippen molar-refractivity contribution in [2.45, 2.75) is 13.3 Å². The van der Waals surface area contributed by atoms with Crippen LogP contribution in [0.5, 0.6) is 0 Å². The Morgan fingerprint density at radius 3 is 2.82 bits per heavy atom. The summed E-state index contributed by atoms with van der Waals surface area (Å²) < 4.78 is 4.74. The normalized spacial score (nSPS) is 8.82. The molecule has 11 heavy (non-hydrogen) atoms. The summed E-state index contributed by atoms with van der Waals surface area (Å²) >= 11 is 0. The summed E-state index contributed by atoms with van der Waals surface area (Å²) in [6.45, 7) is 1.72. The number of aryl methyl sites for hydroxylation is 1. The number of nitrogens with zero attached hydrogens (tertiary/aromatic N) is 1. The molecule has 0 saturated carbocycles. The van der Waals surface area contributed by atoms with E-state index >= 15 is 0 Å². The van der Waals surface area contributed by atoms with Gasteiger partial charge in [-0.05, 0) is 6.92 Å². The van der Waals surface area contributed by atoms with Crippen LogP contribution < -0.4 is 56.5 Å². The van der Waals surface area contributed by atoms with E-state index in [0.29, 0.717) is 5.69 Å². The molecule has 0 aliphatic heterocycles. The molecule has 1 aromatic heterocycles. The van der Waals surface area contributed by atoms with E-state index in [1.165, 1.54) is 6.26 Å². The van der Waals surface area contributed by atoms with Crippen molar-refractivity contribution in [1.29, 1.82) is 0 Å². The fourth-order valence-electron chi connectivity index (χ4n) is 0.607. The Balaban J connectivity index is 0.000001000. The number of carboxylic acids is 1. The molecule has 0 bridgehead atoms. The predicted molar refractivity (Wildman–Crippen MR) is 30.0 cm³/mol. The molecule has 0 aromatic carbocycles. The van der Waals surface area contributed by atoms with Gasteiger partial charge in [0, 0.05) is 0 Å². The number of carbonyl (C=O) groups is 1. The van der Waals surface area contributed by atoms with Crippen LogP contribution >= 0.6 is 0 Å². The maximum atomic E-state index is 9.97. The molecule has 1 aromatic rings. The van der Waals surface area contributed by atoms with Crippen molar-refractivity contribution in [2.24, 2.45) is 0 Å². The minimum absolute atomic E-state index is 0. The van der Waals surface area contributed by atoms with E-state index in [2.05, 4.69) is 4.98 Å². The second-order valence-electron chi connectivity index (χ2n) is 1.93. The van der Waals surface area contributed by atoms with Gasteiger partial charge in [0.1, 0.15) is 6.26 Å². The smallest absolute Gasteiger partial charge is 0.550 e. The number of rotatable bonds is 2. The zero-order chi connectivity index (χ0) is 7.56. The zero-order valence-corrected chi connectivity index (χ0v) is 9.58. The number of carboxylic acid groups (broad SMARTS) is 1. The minimum atomic E-state index is -1.18. The summed E-state index contributed by atoms with van der Waals surface area (Å²) in [5.74, 6) is -0.987. The first-order chi connectivity index (χ1) is 4.68. The van der Waals surface area contributed by atoms with Gasteiger partial charge < -0.3 is 14.3 Å². The summed E-state index contributed by atoms with van der Waals surface area (Å²) in [4.78, 5) is 13.7. The molecule has 0 saturated heterocycles. The summed E-state index contributed by atoms with van der Waals surface area (Å²) in [5.41, 5.74) is 0.677. The number of hydrogen-bond acceptors (Lipinski definition) is 4. The van der Waals surface area contributed by atoms with Gasteiger partial charge in [0.2, 0.25) is 0 Å². The minimum Gasteiger partial charge on any atom is -0.550 e. The third-order valence-corrected chi connectivity index (χ3v) is 0.962. The second-order valence-corrected chi connectivity index (χ2v) is 1.93. The Hall–Kier alpha value is 0.316. The van der Waals surface area contributed by atoms with Crippen LogP contribution in [0.2, 0.25) is 0 Å². The predicted octanol–water partition coefficient (Wildman–Crippen LogP) is -3.72. The van der Waals surface area contributed by atoms with E-state index in [0.717, 1.165) is 0 Å². The van der Waals surface area contributed by atoms with Crippen LogP contribution in [0.3, 0.4) is 0 Å². The first-order valence-corrected chi connectivity index (χ1v) is 2.79. The molecule has 0 radical (unpaired) electrons. The Morgan fingerprint density at radius 2 is 2.45 bits per heavy atom. The van der Waals surface area contributed by atoms with Crippen molar-refractivity contribution >= 4 is 5.97 Å². The van der Waals surface area contributed by atoms with Gasteiger partial charge in [0.05, 0.1) is 18.1 Å². The average molecular weight is 179 g/mol. The molecule has 1 heterocycles. The third kappa shape index (κ3) is 4.02. The molecule has 0 aliphatic rings. The van der Waals surface area contributed by atoms with Gasteiger partial charge in [0.15, 0.2) is 5.89 Å². The van der Waals surface area contributed by atoms with Gasteiger partial charge in [-0.3, -0.25) is 0 Å². The molecule has 0 amide bonds. The maximum Gasteiger partial charge on any atom is 1.00 e. The van der Waals surface area contributed by atoms with Gasteiger partial charge in [-0.1, -0.05) is 0 Å². The second kappa shape index (κ2) is 5.05. The largest absolute Gasteiger partial charge is 1.00 e. The van der Waals surface area contributed by atoms with Crippen LogP contribution in [0.25, 0.3) is 0 Å². The number of hydrogen-bond donors (Lipinski definition) is 0. The van der Waals surface area contributed by atoms with Crippen molar-refractivity contribution in [3.8, 4) is 0 Å². The van der Waals surface area contributed by atoms with Gasteiger partial charge in [-0.15, -0.1) is 0 Å². The maximum absolute atomic E-state index is 9.97. The molecule has 0 fully saturated rings. The van der Waals surface area contributed by atoms with Crippen LogP contribution in [-0.2, 0) is 11.2 Å². The molecule has 5 heteroatoms. The number of aliphatic carboxylic acids is 1. The first-order valence-electron chi connectivity index (χ1n) is 2.79. The summed E-state index contributed by atoms with van der Waals surface area (Å²) in [6, 6.07) is 0. The fourth-order valence-corrected chi connectivity index (χ4v) is 0.607. The molecule has 0 aliphatic carbocycles. The molecule has 4 nitrogen and oxygen atoms in total. The third-order valence-electron chi connectivity index (χ3n) is 0.962. The Labute approximate surface area is 106 Å². The quantitative estimate of drug-likeness (QED) is 0.438. The van der Waals surface area contributed by atoms with E-state index in [9.17, 15) is 9.90 Å². The molecular formula is C6H6KNO3. The van der Waals surface area contributed by atoms with Gasteiger partial charge >= 0.3 is 51.4 Å². The van der Waals surface area contributed by atoms with E-state index in [1.807, 2.05) is 0 Å². The van der Waals surface area contributed by atoms with E-state index in [1.54, 1.807) is 6.92 Å². The molecule has 54 valence electrons. The van der Waals surface area contributed by atoms with Crippen LogP contribution in [0.15, 0.2) is 10.7 Å². The summed E-state index contributed by atoms with van der Waals surface area (Å²) in [6.07, 6.45) is 1.14. The molecule has 1 rings (SSSR count). The Kier molecular flexibility index (Phi) is 5.19. The van der Waals surface area contributed by atoms with Crippen molar-refractivity contribution < 1.29 is 65.7 Å². The number of aromatic nitrogens is 1. The van der Waals surface area contributed by atoms with Crippen LogP contribution in [0.4, 0.5) is 0 Å². The van der Waals surface area contributed by atoms with Crippen molar-refractivity contribution in [3.05, 3.63) is 17.8 Å². The van der Waals surface area contributed by atoms with E-state index in [-0.39, 0.29) is 63.7 Å².